The van der Waals surface area contributed by atoms with E-state index in [0.29, 0.717) is 34.1 Å². The number of guanidine groups is 1. The summed E-state index contributed by atoms with van der Waals surface area (Å²) in [6, 6.07) is 33.0. The van der Waals surface area contributed by atoms with Gasteiger partial charge in [0.1, 0.15) is 12.6 Å². The molecule has 0 bridgehead atoms. The lowest BCUT2D eigenvalue weighted by Crippen LogP contribution is -2.49. The number of ketones is 1. The molecule has 0 unspecified atom stereocenters. The molecule has 3 amide bonds. The van der Waals surface area contributed by atoms with Crippen molar-refractivity contribution >= 4 is 63.6 Å². The van der Waals surface area contributed by atoms with Gasteiger partial charge in [-0.15, -0.1) is 0 Å². The molecule has 11 nitrogen and oxygen atoms in total. The minimum Gasteiger partial charge on any atom is -0.449 e. The summed E-state index contributed by atoms with van der Waals surface area (Å²) in [6.07, 6.45) is -0.167. The molecule has 0 aliphatic heterocycles. The van der Waals surface area contributed by atoms with E-state index >= 15 is 0 Å². The first-order valence-electron chi connectivity index (χ1n) is 18.7. The second-order valence-electron chi connectivity index (χ2n) is 13.8. The number of carbonyl (C=O) groups is 4. The summed E-state index contributed by atoms with van der Waals surface area (Å²) in [4.78, 5) is 59.5. The molecule has 1 aliphatic rings. The lowest BCUT2D eigenvalue weighted by molar-refractivity contribution is -0.134. The van der Waals surface area contributed by atoms with Gasteiger partial charge < -0.3 is 31.3 Å². The number of amides is 3. The number of rotatable bonds is 16. The van der Waals surface area contributed by atoms with Crippen LogP contribution in [0.25, 0.3) is 21.9 Å². The van der Waals surface area contributed by atoms with E-state index in [2.05, 4.69) is 33.1 Å². The third kappa shape index (κ3) is 10.7. The Morgan fingerprint density at radius 2 is 1.47 bits per heavy atom. The minimum atomic E-state index is -1.03. The van der Waals surface area contributed by atoms with Gasteiger partial charge in [-0.2, -0.15) is 0 Å². The van der Waals surface area contributed by atoms with Crippen LogP contribution in [-0.2, 0) is 20.9 Å². The Bertz CT molecular complexity index is 2230. The number of carbonyl (C=O) groups excluding carboxylic acids is 4. The summed E-state index contributed by atoms with van der Waals surface area (Å²) in [7, 11) is 1.56. The predicted octanol–water partition coefficient (Wildman–Crippen LogP) is 7.09. The van der Waals surface area contributed by atoms with E-state index in [4.69, 9.17) is 33.7 Å². The lowest BCUT2D eigenvalue weighted by Gasteiger charge is -2.28. The third-order valence-corrected chi connectivity index (χ3v) is 10.3. The summed E-state index contributed by atoms with van der Waals surface area (Å²) >= 11 is 12.6. The van der Waals surface area contributed by atoms with Crippen molar-refractivity contribution in [3.63, 3.8) is 0 Å². The van der Waals surface area contributed by atoms with Crippen molar-refractivity contribution in [3.8, 4) is 11.1 Å². The van der Waals surface area contributed by atoms with Gasteiger partial charge in [0, 0.05) is 54.6 Å². The highest BCUT2D eigenvalue weighted by Gasteiger charge is 2.31. The summed E-state index contributed by atoms with van der Waals surface area (Å²) in [5.41, 5.74) is 11.2. The second-order valence-corrected chi connectivity index (χ2v) is 14.6. The molecule has 1 atom stereocenters. The van der Waals surface area contributed by atoms with Gasteiger partial charge in [-0.3, -0.25) is 19.4 Å². The second kappa shape index (κ2) is 19.3. The van der Waals surface area contributed by atoms with Crippen molar-refractivity contribution in [2.45, 2.75) is 37.8 Å². The van der Waals surface area contributed by atoms with Gasteiger partial charge >= 0.3 is 6.09 Å². The lowest BCUT2D eigenvalue weighted by atomic mass is 9.98. The maximum atomic E-state index is 14.4. The van der Waals surface area contributed by atoms with Crippen molar-refractivity contribution in [1.29, 1.82) is 0 Å². The minimum absolute atomic E-state index is 0.00972. The summed E-state index contributed by atoms with van der Waals surface area (Å²) in [5.74, 6) is -1.04. The number of alkyl carbamates (subject to hydrolysis) is 1. The Labute approximate surface area is 341 Å². The normalized spacial score (nSPS) is 12.6. The van der Waals surface area contributed by atoms with Crippen LogP contribution in [0.2, 0.25) is 10.0 Å². The van der Waals surface area contributed by atoms with Crippen LogP contribution >= 0.6 is 23.2 Å². The van der Waals surface area contributed by atoms with Crippen molar-refractivity contribution < 1.29 is 23.9 Å². The molecule has 0 heterocycles. The number of nitrogens with zero attached hydrogens (tertiary/aromatic N) is 2. The summed E-state index contributed by atoms with van der Waals surface area (Å²) in [5, 5.41) is 11.1. The smallest absolute Gasteiger partial charge is 0.407 e. The molecule has 294 valence electrons. The fourth-order valence-electron chi connectivity index (χ4n) is 7.01. The van der Waals surface area contributed by atoms with Crippen LogP contribution in [0.1, 0.15) is 52.2 Å². The van der Waals surface area contributed by atoms with Crippen LogP contribution in [0.3, 0.4) is 0 Å². The van der Waals surface area contributed by atoms with Gasteiger partial charge in [0.2, 0.25) is 5.91 Å². The molecule has 0 saturated carbocycles. The number of Topliss-reactive ketones (excluding diaryl/α,β-unsaturated/α-hetero) is 1. The van der Waals surface area contributed by atoms with Crippen LogP contribution in [0.4, 0.5) is 4.79 Å². The number of aliphatic imine (C=N–C) groups is 1. The van der Waals surface area contributed by atoms with Crippen LogP contribution in [0.5, 0.6) is 0 Å². The highest BCUT2D eigenvalue weighted by atomic mass is 35.5. The molecule has 5 aromatic carbocycles. The number of benzene rings is 5. The van der Waals surface area contributed by atoms with Crippen molar-refractivity contribution in [1.82, 2.24) is 20.9 Å². The van der Waals surface area contributed by atoms with Gasteiger partial charge in [0.15, 0.2) is 11.7 Å². The van der Waals surface area contributed by atoms with E-state index in [9.17, 15) is 19.2 Å². The molecule has 13 heteroatoms. The van der Waals surface area contributed by atoms with Gasteiger partial charge in [0.05, 0.1) is 6.54 Å². The van der Waals surface area contributed by atoms with Crippen molar-refractivity contribution in [2.24, 2.45) is 10.7 Å². The number of ether oxygens (including phenoxy) is 1. The first kappa shape index (κ1) is 40.7. The molecule has 6 rings (SSSR count). The first-order valence-corrected chi connectivity index (χ1v) is 19.4. The number of hydrogen-bond acceptors (Lipinski definition) is 6. The molecule has 0 radical (unpaired) electrons. The molecular weight excluding hydrogens is 763 g/mol. The fraction of sp³-hybridized carbons (Fsp3) is 0.250. The molecule has 0 aromatic heterocycles. The van der Waals surface area contributed by atoms with Crippen LogP contribution in [-0.4, -0.2) is 73.9 Å². The number of hydrogen-bond donors (Lipinski definition) is 4. The molecule has 1 aliphatic carbocycles. The van der Waals surface area contributed by atoms with E-state index < -0.39 is 18.0 Å². The number of nitrogens with two attached hydrogens (primary N) is 1. The van der Waals surface area contributed by atoms with E-state index in [1.165, 1.54) is 4.90 Å². The molecule has 0 fully saturated rings. The zero-order chi connectivity index (χ0) is 40.3. The maximum absolute atomic E-state index is 14.4. The van der Waals surface area contributed by atoms with Gasteiger partial charge in [0.25, 0.3) is 5.91 Å². The quantitative estimate of drug-likeness (QED) is 0.0472. The number of fused-ring (bicyclic) bond motifs is 4. The standard InChI is InChI=1S/C44H44Cl2N6O5/c1-48-43(47)49-19-8-15-40(51-44(56)57-27-39-37-13-6-4-11-35(37)36-12-5-7-14-38(36)39)42(55)52(26-28-21-32(45)24-33(46)22-28)20-18-34(53)25-50-41(54)31-17-16-29-9-2-3-10-30(29)23-31/h2-7,9-14,16-17,21-24,39-40H,8,15,18-20,25-27H2,1H3,(H,50,54)(H,51,56)(H3,47,48,49)/t40-/m0/s1. The van der Waals surface area contributed by atoms with Crippen molar-refractivity contribution in [2.75, 3.05) is 33.3 Å². The summed E-state index contributed by atoms with van der Waals surface area (Å²) < 4.78 is 5.82. The molecule has 5 N–H and O–H groups in total. The van der Waals surface area contributed by atoms with Crippen molar-refractivity contribution in [3.05, 3.63) is 141 Å². The number of nitrogens with one attached hydrogen (secondary N) is 3. The Morgan fingerprint density at radius 3 is 2.16 bits per heavy atom. The van der Waals surface area contributed by atoms with E-state index in [0.717, 1.165) is 33.0 Å². The molecule has 5 aromatic rings. The average Bonchev–Trinajstić information content (AvgIpc) is 3.54. The molecule has 0 spiro atoms. The zero-order valence-corrected chi connectivity index (χ0v) is 33.0. The zero-order valence-electron chi connectivity index (χ0n) is 31.5. The molecular formula is C44H44Cl2N6O5. The molecule has 57 heavy (non-hydrogen) atoms. The van der Waals surface area contributed by atoms with Gasteiger partial charge in [-0.05, 0) is 81.8 Å². The maximum Gasteiger partial charge on any atom is 0.407 e. The Balaban J connectivity index is 1.15. The number of halogens is 2. The Kier molecular flexibility index (Phi) is 13.8. The van der Waals surface area contributed by atoms with Crippen LogP contribution < -0.4 is 21.7 Å². The molecule has 0 saturated heterocycles. The summed E-state index contributed by atoms with van der Waals surface area (Å²) in [6.45, 7) is 0.259. The monoisotopic (exact) mass is 806 g/mol. The van der Waals surface area contributed by atoms with E-state index in [1.807, 2.05) is 66.7 Å². The highest BCUT2D eigenvalue weighted by molar-refractivity contribution is 6.34. The fourth-order valence-corrected chi connectivity index (χ4v) is 7.58. The Morgan fingerprint density at radius 1 is 0.825 bits per heavy atom. The van der Waals surface area contributed by atoms with E-state index in [-0.39, 0.29) is 62.7 Å². The largest absolute Gasteiger partial charge is 0.449 e. The Hall–Kier alpha value is -5.91. The van der Waals surface area contributed by atoms with Crippen LogP contribution in [0, 0.1) is 0 Å². The third-order valence-electron chi connectivity index (χ3n) is 9.88. The van der Waals surface area contributed by atoms with E-state index in [1.54, 1.807) is 37.4 Å². The highest BCUT2D eigenvalue weighted by Crippen LogP contribution is 2.44. The average molecular weight is 808 g/mol. The predicted molar refractivity (Wildman–Crippen MR) is 225 cm³/mol. The topological polar surface area (TPSA) is 155 Å². The SMILES string of the molecule is CN=C(N)NCCC[C@H](NC(=O)OCC1c2ccccc2-c2ccccc21)C(=O)N(CCC(=O)CNC(=O)c1ccc2ccccc2c1)Cc1cc(Cl)cc(Cl)c1. The van der Waals surface area contributed by atoms with Gasteiger partial charge in [-0.25, -0.2) is 4.79 Å². The van der Waals surface area contributed by atoms with Crippen LogP contribution in [0.15, 0.2) is 114 Å². The first-order chi connectivity index (χ1) is 27.6. The van der Waals surface area contributed by atoms with Gasteiger partial charge in [-0.1, -0.05) is 102 Å².